The van der Waals surface area contributed by atoms with E-state index < -0.39 is 0 Å². The van der Waals surface area contributed by atoms with Crippen molar-refractivity contribution in [2.45, 2.75) is 63.5 Å². The van der Waals surface area contributed by atoms with Crippen molar-refractivity contribution in [3.05, 3.63) is 71.3 Å². The van der Waals surface area contributed by atoms with Gasteiger partial charge in [0.1, 0.15) is 0 Å². The summed E-state index contributed by atoms with van der Waals surface area (Å²) in [5.41, 5.74) is 2.75. The molecular formula is C30H35N3O5. The fraction of sp³-hybridized carbons (Fsp3) is 0.467. The molecule has 0 bridgehead atoms. The summed E-state index contributed by atoms with van der Waals surface area (Å²) in [6.07, 6.45) is 6.52. The Morgan fingerprint density at radius 1 is 1.05 bits per heavy atom. The van der Waals surface area contributed by atoms with Gasteiger partial charge in [-0.3, -0.25) is 14.4 Å². The number of hydrogen-bond donors (Lipinski definition) is 1. The Labute approximate surface area is 223 Å². The summed E-state index contributed by atoms with van der Waals surface area (Å²) in [5, 5.41) is 9.12. The summed E-state index contributed by atoms with van der Waals surface area (Å²) in [6, 6.07) is 17.5. The molecule has 8 heteroatoms. The highest BCUT2D eigenvalue weighted by molar-refractivity contribution is 5.97. The number of methoxy groups -OCH3 is 1. The quantitative estimate of drug-likeness (QED) is 0.531. The second-order valence-corrected chi connectivity index (χ2v) is 10.5. The molecule has 5 rings (SSSR count). The van der Waals surface area contributed by atoms with E-state index in [1.807, 2.05) is 54.6 Å². The molecule has 1 N–H and O–H groups in total. The van der Waals surface area contributed by atoms with E-state index in [2.05, 4.69) is 10.4 Å². The van der Waals surface area contributed by atoms with E-state index in [9.17, 15) is 14.4 Å². The molecule has 2 aromatic carbocycles. The molecule has 3 aliphatic rings. The number of benzene rings is 2. The standard InChI is InChI=1S/C30H35N3O5/c1-37-30(36)24-15-16-25(17-24)31-28(35)27(21-7-5-6-8-21)22-13-11-20(12-14-22)18-33-26(34)19-38-29(32-33)23-9-3-2-4-10-23/h2-4,9-14,21,24-25,27H,5-8,15-19H2,1H3,(H,31,35)/t24-,25+,27?/m1/s1. The average molecular weight is 518 g/mol. The van der Waals surface area contributed by atoms with Crippen LogP contribution in [0.2, 0.25) is 0 Å². The van der Waals surface area contributed by atoms with Crippen molar-refractivity contribution >= 4 is 23.7 Å². The third-order valence-corrected chi connectivity index (χ3v) is 7.99. The number of nitrogens with one attached hydrogen (secondary N) is 1. The van der Waals surface area contributed by atoms with Crippen molar-refractivity contribution in [2.24, 2.45) is 16.9 Å². The van der Waals surface area contributed by atoms with E-state index in [1.54, 1.807) is 0 Å². The maximum Gasteiger partial charge on any atom is 0.308 e. The molecule has 1 heterocycles. The monoisotopic (exact) mass is 517 g/mol. The highest BCUT2D eigenvalue weighted by Crippen LogP contribution is 2.38. The molecule has 0 aromatic heterocycles. The normalized spacial score (nSPS) is 22.5. The third-order valence-electron chi connectivity index (χ3n) is 7.99. The van der Waals surface area contributed by atoms with E-state index in [-0.39, 0.29) is 42.3 Å². The number of rotatable bonds is 8. The van der Waals surface area contributed by atoms with Crippen LogP contribution in [0.15, 0.2) is 59.7 Å². The van der Waals surface area contributed by atoms with Gasteiger partial charge in [-0.15, -0.1) is 5.10 Å². The number of ether oxygens (including phenoxy) is 2. The van der Waals surface area contributed by atoms with Gasteiger partial charge in [-0.2, -0.15) is 0 Å². The van der Waals surface area contributed by atoms with Crippen LogP contribution in [0.1, 0.15) is 67.6 Å². The Hall–Kier alpha value is -3.68. The lowest BCUT2D eigenvalue weighted by atomic mass is 9.83. The van der Waals surface area contributed by atoms with Crippen LogP contribution >= 0.6 is 0 Å². The Balaban J connectivity index is 1.28. The molecule has 200 valence electrons. The van der Waals surface area contributed by atoms with Gasteiger partial charge in [0.05, 0.1) is 25.5 Å². The second-order valence-electron chi connectivity index (χ2n) is 10.5. The topological polar surface area (TPSA) is 97.3 Å². The lowest BCUT2D eigenvalue weighted by Gasteiger charge is -2.26. The first-order valence-corrected chi connectivity index (χ1v) is 13.6. The van der Waals surface area contributed by atoms with Crippen LogP contribution in [0.5, 0.6) is 0 Å². The average Bonchev–Trinajstić information content (AvgIpc) is 3.64. The van der Waals surface area contributed by atoms with Crippen molar-refractivity contribution in [3.63, 3.8) is 0 Å². The molecule has 2 amide bonds. The Morgan fingerprint density at radius 2 is 1.79 bits per heavy atom. The van der Waals surface area contributed by atoms with Crippen molar-refractivity contribution in [2.75, 3.05) is 13.7 Å². The number of carbonyl (C=O) groups excluding carboxylic acids is 3. The van der Waals surface area contributed by atoms with Crippen LogP contribution < -0.4 is 5.32 Å². The Kier molecular flexibility index (Phi) is 8.05. The minimum Gasteiger partial charge on any atom is -0.469 e. The van der Waals surface area contributed by atoms with E-state index in [4.69, 9.17) is 9.47 Å². The largest absolute Gasteiger partial charge is 0.469 e. The lowest BCUT2D eigenvalue weighted by molar-refractivity contribution is -0.145. The summed E-state index contributed by atoms with van der Waals surface area (Å²) >= 11 is 0. The second kappa shape index (κ2) is 11.8. The van der Waals surface area contributed by atoms with Crippen molar-refractivity contribution < 1.29 is 23.9 Å². The zero-order valence-corrected chi connectivity index (χ0v) is 21.8. The maximum absolute atomic E-state index is 13.5. The fourth-order valence-electron chi connectivity index (χ4n) is 5.96. The highest BCUT2D eigenvalue weighted by atomic mass is 16.5. The molecule has 2 saturated carbocycles. The molecule has 2 aliphatic carbocycles. The zero-order valence-electron chi connectivity index (χ0n) is 21.8. The van der Waals surface area contributed by atoms with Crippen LogP contribution in [-0.4, -0.2) is 48.4 Å². The number of hydrogen-bond acceptors (Lipinski definition) is 6. The van der Waals surface area contributed by atoms with Gasteiger partial charge in [-0.1, -0.05) is 55.3 Å². The molecule has 8 nitrogen and oxygen atoms in total. The molecule has 1 unspecified atom stereocenters. The van der Waals surface area contributed by atoms with Crippen molar-refractivity contribution in [1.82, 2.24) is 10.3 Å². The van der Waals surface area contributed by atoms with Crippen molar-refractivity contribution in [1.29, 1.82) is 0 Å². The number of esters is 1. The molecule has 2 aromatic rings. The van der Waals surface area contributed by atoms with Gasteiger partial charge in [-0.05, 0) is 61.3 Å². The van der Waals surface area contributed by atoms with Gasteiger partial charge in [0.25, 0.3) is 5.91 Å². The van der Waals surface area contributed by atoms with E-state index >= 15 is 0 Å². The number of carbonyl (C=O) groups is 3. The van der Waals surface area contributed by atoms with Gasteiger partial charge in [-0.25, -0.2) is 5.01 Å². The van der Waals surface area contributed by atoms with Crippen LogP contribution in [0, 0.1) is 11.8 Å². The summed E-state index contributed by atoms with van der Waals surface area (Å²) in [5.74, 6) is 0.0284. The van der Waals surface area contributed by atoms with Gasteiger partial charge in [0.15, 0.2) is 6.61 Å². The first-order valence-electron chi connectivity index (χ1n) is 13.6. The maximum atomic E-state index is 13.5. The molecule has 3 atom stereocenters. The van der Waals surface area contributed by atoms with Gasteiger partial charge >= 0.3 is 5.97 Å². The molecule has 0 spiro atoms. The van der Waals surface area contributed by atoms with Crippen LogP contribution in [-0.2, 0) is 30.4 Å². The van der Waals surface area contributed by atoms with Crippen LogP contribution in [0.25, 0.3) is 0 Å². The predicted octanol–water partition coefficient (Wildman–Crippen LogP) is 4.14. The smallest absolute Gasteiger partial charge is 0.308 e. The molecule has 1 aliphatic heterocycles. The summed E-state index contributed by atoms with van der Waals surface area (Å²) in [7, 11) is 1.41. The van der Waals surface area contributed by atoms with E-state index in [0.717, 1.165) is 55.2 Å². The fourth-order valence-corrected chi connectivity index (χ4v) is 5.96. The minimum atomic E-state index is -0.226. The number of hydrazone groups is 1. The van der Waals surface area contributed by atoms with E-state index in [1.165, 1.54) is 12.1 Å². The van der Waals surface area contributed by atoms with E-state index in [0.29, 0.717) is 24.8 Å². The molecule has 0 radical (unpaired) electrons. The molecule has 0 saturated heterocycles. The molecule has 38 heavy (non-hydrogen) atoms. The number of nitrogens with zero attached hydrogens (tertiary/aromatic N) is 2. The summed E-state index contributed by atoms with van der Waals surface area (Å²) in [4.78, 5) is 37.9. The van der Waals surface area contributed by atoms with Crippen LogP contribution in [0.4, 0.5) is 0 Å². The van der Waals surface area contributed by atoms with Gasteiger partial charge in [0, 0.05) is 11.6 Å². The first-order chi connectivity index (χ1) is 18.5. The molecular weight excluding hydrogens is 482 g/mol. The minimum absolute atomic E-state index is 0.00113. The lowest BCUT2D eigenvalue weighted by Crippen LogP contribution is -2.39. The van der Waals surface area contributed by atoms with Gasteiger partial charge in [0.2, 0.25) is 11.8 Å². The first kappa shape index (κ1) is 25.9. The third kappa shape index (κ3) is 5.90. The Bertz CT molecular complexity index is 1170. The highest BCUT2D eigenvalue weighted by Gasteiger charge is 2.36. The zero-order chi connectivity index (χ0) is 26.5. The van der Waals surface area contributed by atoms with Crippen molar-refractivity contribution in [3.8, 4) is 0 Å². The van der Waals surface area contributed by atoms with Crippen LogP contribution in [0.3, 0.4) is 0 Å². The summed E-state index contributed by atoms with van der Waals surface area (Å²) in [6.45, 7) is 0.282. The molecule has 2 fully saturated rings. The number of amides is 2. The van der Waals surface area contributed by atoms with Gasteiger partial charge < -0.3 is 14.8 Å². The Morgan fingerprint density at radius 3 is 2.50 bits per heavy atom. The SMILES string of the molecule is COC(=O)[C@@H]1CC[C@H](NC(=O)C(c2ccc(CN3N=C(c4ccccc4)OCC3=O)cc2)C2CCCC2)C1. The predicted molar refractivity (Wildman–Crippen MR) is 142 cm³/mol. The summed E-state index contributed by atoms with van der Waals surface area (Å²) < 4.78 is 10.4.